The van der Waals surface area contributed by atoms with Crippen LogP contribution in [0.5, 0.6) is 0 Å². The molecule has 0 aromatic carbocycles. The fourth-order valence-electron chi connectivity index (χ4n) is 2.63. The molecule has 0 spiro atoms. The van der Waals surface area contributed by atoms with Gasteiger partial charge < -0.3 is 5.32 Å². The highest BCUT2D eigenvalue weighted by Gasteiger charge is 2.36. The topological polar surface area (TPSA) is 49.4 Å². The van der Waals surface area contributed by atoms with E-state index in [4.69, 9.17) is 0 Å². The van der Waals surface area contributed by atoms with Crippen LogP contribution in [-0.4, -0.2) is 32.9 Å². The number of sulfonamides is 1. The van der Waals surface area contributed by atoms with Crippen molar-refractivity contribution in [3.8, 4) is 0 Å². The largest absolute Gasteiger partial charge is 0.315 e. The second-order valence-electron chi connectivity index (χ2n) is 6.37. The Hall–Kier alpha value is -0.430. The van der Waals surface area contributed by atoms with Crippen LogP contribution in [0.3, 0.4) is 0 Å². The Bertz CT molecular complexity index is 587. The van der Waals surface area contributed by atoms with Gasteiger partial charge in [-0.3, -0.25) is 0 Å². The van der Waals surface area contributed by atoms with E-state index in [-0.39, 0.29) is 0 Å². The van der Waals surface area contributed by atoms with Gasteiger partial charge in [-0.1, -0.05) is 0 Å². The van der Waals surface area contributed by atoms with E-state index in [1.165, 1.54) is 25.7 Å². The normalized spacial score (nSPS) is 19.4. The monoisotopic (exact) mass is 328 g/mol. The van der Waals surface area contributed by atoms with Gasteiger partial charge in [-0.25, -0.2) is 8.42 Å². The zero-order chi connectivity index (χ0) is 15.0. The van der Waals surface area contributed by atoms with Gasteiger partial charge in [0.25, 0.3) is 0 Å². The molecule has 6 heteroatoms. The van der Waals surface area contributed by atoms with Crippen LogP contribution >= 0.6 is 11.3 Å². The Morgan fingerprint density at radius 1 is 1.24 bits per heavy atom. The molecular formula is C15H24N2O2S2. The molecule has 4 nitrogen and oxygen atoms in total. The average Bonchev–Trinajstić information content (AvgIpc) is 3.32. The maximum Gasteiger partial charge on any atom is 0.244 e. The van der Waals surface area contributed by atoms with Crippen LogP contribution in [0.15, 0.2) is 11.0 Å². The van der Waals surface area contributed by atoms with Gasteiger partial charge in [0.2, 0.25) is 10.0 Å². The van der Waals surface area contributed by atoms with Gasteiger partial charge in [0.15, 0.2) is 0 Å². The summed E-state index contributed by atoms with van der Waals surface area (Å²) in [4.78, 5) is 2.53. The van der Waals surface area contributed by atoms with E-state index in [9.17, 15) is 8.42 Å². The van der Waals surface area contributed by atoms with Gasteiger partial charge in [0, 0.05) is 29.4 Å². The summed E-state index contributed by atoms with van der Waals surface area (Å²) in [6, 6.07) is 1.86. The molecule has 0 unspecified atom stereocenters. The van der Waals surface area contributed by atoms with Gasteiger partial charge in [-0.05, 0) is 57.6 Å². The number of hydrogen-bond donors (Lipinski definition) is 1. The minimum Gasteiger partial charge on any atom is -0.315 e. The SMILES string of the molecule is CNCc1cc(S(=O)(=O)N(CC2CC2)CC2CC2)c(C)s1. The molecule has 21 heavy (non-hydrogen) atoms. The van der Waals surface area contributed by atoms with Gasteiger partial charge >= 0.3 is 0 Å². The van der Waals surface area contributed by atoms with Gasteiger partial charge in [0.05, 0.1) is 4.90 Å². The molecule has 2 fully saturated rings. The first-order valence-electron chi connectivity index (χ1n) is 7.74. The van der Waals surface area contributed by atoms with E-state index < -0.39 is 10.0 Å². The van der Waals surface area contributed by atoms with Gasteiger partial charge in [-0.2, -0.15) is 4.31 Å². The molecular weight excluding hydrogens is 304 g/mol. The minimum absolute atomic E-state index is 0.527. The summed E-state index contributed by atoms with van der Waals surface area (Å²) >= 11 is 1.58. The Labute approximate surface area is 131 Å². The van der Waals surface area contributed by atoms with E-state index in [1.807, 2.05) is 20.0 Å². The molecule has 0 bridgehead atoms. The first-order valence-corrected chi connectivity index (χ1v) is 10.0. The van der Waals surface area contributed by atoms with E-state index in [0.717, 1.165) is 29.4 Å². The fraction of sp³-hybridized carbons (Fsp3) is 0.733. The highest BCUT2D eigenvalue weighted by Crippen LogP contribution is 2.37. The average molecular weight is 329 g/mol. The number of aryl methyl sites for hydroxylation is 1. The molecule has 0 radical (unpaired) electrons. The van der Waals surface area contributed by atoms with Gasteiger partial charge in [-0.15, -0.1) is 11.3 Å². The highest BCUT2D eigenvalue weighted by molar-refractivity contribution is 7.89. The number of thiophene rings is 1. The van der Waals surface area contributed by atoms with Crippen molar-refractivity contribution in [3.63, 3.8) is 0 Å². The minimum atomic E-state index is -3.32. The van der Waals surface area contributed by atoms with E-state index in [2.05, 4.69) is 5.32 Å². The maximum atomic E-state index is 13.0. The lowest BCUT2D eigenvalue weighted by atomic mass is 10.4. The second kappa shape index (κ2) is 5.99. The molecule has 0 aliphatic heterocycles. The molecule has 0 amide bonds. The number of hydrogen-bond acceptors (Lipinski definition) is 4. The highest BCUT2D eigenvalue weighted by atomic mass is 32.2. The van der Waals surface area contributed by atoms with Crippen molar-refractivity contribution in [2.45, 2.75) is 44.0 Å². The lowest BCUT2D eigenvalue weighted by Crippen LogP contribution is -2.34. The van der Waals surface area contributed by atoms with Crippen LogP contribution in [0.4, 0.5) is 0 Å². The second-order valence-corrected chi connectivity index (χ2v) is 9.62. The zero-order valence-electron chi connectivity index (χ0n) is 12.8. The molecule has 1 heterocycles. The summed E-state index contributed by atoms with van der Waals surface area (Å²) in [5.74, 6) is 1.18. The summed E-state index contributed by atoms with van der Waals surface area (Å²) in [6.07, 6.45) is 4.74. The molecule has 2 aliphatic carbocycles. The maximum absolute atomic E-state index is 13.0. The molecule has 1 aromatic heterocycles. The van der Waals surface area contributed by atoms with E-state index in [1.54, 1.807) is 15.6 Å². The molecule has 1 N–H and O–H groups in total. The number of rotatable bonds is 8. The van der Waals surface area contributed by atoms with Crippen LogP contribution in [-0.2, 0) is 16.6 Å². The van der Waals surface area contributed by atoms with E-state index >= 15 is 0 Å². The fourth-order valence-corrected chi connectivity index (χ4v) is 5.84. The van der Waals surface area contributed by atoms with Gasteiger partial charge in [0.1, 0.15) is 0 Å². The van der Waals surface area contributed by atoms with Crippen molar-refractivity contribution >= 4 is 21.4 Å². The summed E-state index contributed by atoms with van der Waals surface area (Å²) in [6.45, 7) is 4.08. The first kappa shape index (κ1) is 15.5. The predicted molar refractivity (Wildman–Crippen MR) is 86.0 cm³/mol. The number of nitrogens with zero attached hydrogens (tertiary/aromatic N) is 1. The first-order chi connectivity index (χ1) is 10.0. The molecule has 0 saturated heterocycles. The molecule has 118 valence electrons. The molecule has 0 atom stereocenters. The quantitative estimate of drug-likeness (QED) is 0.798. The van der Waals surface area contributed by atoms with Crippen LogP contribution in [0.2, 0.25) is 0 Å². The Morgan fingerprint density at radius 2 is 1.81 bits per heavy atom. The third kappa shape index (κ3) is 3.67. The molecule has 3 rings (SSSR count). The van der Waals surface area contributed by atoms with Crippen molar-refractivity contribution in [2.75, 3.05) is 20.1 Å². The Morgan fingerprint density at radius 3 is 2.29 bits per heavy atom. The zero-order valence-corrected chi connectivity index (χ0v) is 14.4. The lowest BCUT2D eigenvalue weighted by Gasteiger charge is -2.22. The summed E-state index contributed by atoms with van der Waals surface area (Å²) < 4.78 is 27.8. The Balaban J connectivity index is 1.84. The molecule has 1 aromatic rings. The van der Waals surface area contributed by atoms with E-state index in [0.29, 0.717) is 16.7 Å². The standard InChI is InChI=1S/C15H24N2O2S2/c1-11-15(7-14(20-11)8-16-2)21(18,19)17(9-12-3-4-12)10-13-5-6-13/h7,12-13,16H,3-6,8-10H2,1-2H3. The van der Waals surface area contributed by atoms with Crippen molar-refractivity contribution in [2.24, 2.45) is 11.8 Å². The Kier molecular flexibility index (Phi) is 4.41. The van der Waals surface area contributed by atoms with Crippen molar-refractivity contribution < 1.29 is 8.42 Å². The van der Waals surface area contributed by atoms with Crippen LogP contribution in [0, 0.1) is 18.8 Å². The summed E-state index contributed by atoms with van der Waals surface area (Å²) in [7, 11) is -1.44. The van der Waals surface area contributed by atoms with Crippen molar-refractivity contribution in [1.29, 1.82) is 0 Å². The predicted octanol–water partition coefficient (Wildman–Crippen LogP) is 2.59. The third-order valence-corrected chi connectivity index (χ3v) is 7.35. The summed E-state index contributed by atoms with van der Waals surface area (Å²) in [5.41, 5.74) is 0. The van der Waals surface area contributed by atoms with Crippen LogP contribution < -0.4 is 5.32 Å². The third-order valence-electron chi connectivity index (χ3n) is 4.21. The van der Waals surface area contributed by atoms with Crippen molar-refractivity contribution in [3.05, 3.63) is 15.8 Å². The van der Waals surface area contributed by atoms with Crippen LogP contribution in [0.25, 0.3) is 0 Å². The molecule has 2 aliphatic rings. The van der Waals surface area contributed by atoms with Crippen molar-refractivity contribution in [1.82, 2.24) is 9.62 Å². The molecule has 2 saturated carbocycles. The lowest BCUT2D eigenvalue weighted by molar-refractivity contribution is 0.382. The smallest absolute Gasteiger partial charge is 0.244 e. The van der Waals surface area contributed by atoms with Crippen LogP contribution in [0.1, 0.15) is 35.4 Å². The summed E-state index contributed by atoms with van der Waals surface area (Å²) in [5, 5.41) is 3.09. The number of nitrogens with one attached hydrogen (secondary N) is 1.